The quantitative estimate of drug-likeness (QED) is 0.849. The van der Waals surface area contributed by atoms with E-state index in [9.17, 15) is 0 Å². The molecule has 0 unspecified atom stereocenters. The number of aromatic nitrogens is 2. The fraction of sp³-hybridized carbons (Fsp3) is 0.357. The molecule has 0 atom stereocenters. The molecule has 0 saturated carbocycles. The molecule has 4 heteroatoms. The van der Waals surface area contributed by atoms with Gasteiger partial charge in [-0.15, -0.1) is 0 Å². The summed E-state index contributed by atoms with van der Waals surface area (Å²) >= 11 is 3.50. The van der Waals surface area contributed by atoms with Crippen LogP contribution in [0.3, 0.4) is 0 Å². The zero-order valence-corrected chi connectivity index (χ0v) is 12.4. The molecule has 2 rings (SSSR count). The summed E-state index contributed by atoms with van der Waals surface area (Å²) in [4.78, 5) is 0. The lowest BCUT2D eigenvalue weighted by Crippen LogP contribution is -2.03. The van der Waals surface area contributed by atoms with Crippen molar-refractivity contribution in [1.82, 2.24) is 9.78 Å². The van der Waals surface area contributed by atoms with Crippen LogP contribution in [0.5, 0.6) is 5.75 Å². The van der Waals surface area contributed by atoms with E-state index in [0.717, 1.165) is 15.9 Å². The molecule has 0 saturated heterocycles. The van der Waals surface area contributed by atoms with E-state index in [1.807, 2.05) is 35.1 Å². The Morgan fingerprint density at radius 3 is 2.72 bits per heavy atom. The first-order valence-electron chi connectivity index (χ1n) is 5.99. The summed E-state index contributed by atoms with van der Waals surface area (Å²) in [6, 6.07) is 8.42. The van der Waals surface area contributed by atoms with Crippen molar-refractivity contribution in [2.45, 2.75) is 33.4 Å². The van der Waals surface area contributed by atoms with Gasteiger partial charge in [-0.3, -0.25) is 4.68 Å². The van der Waals surface area contributed by atoms with Crippen LogP contribution >= 0.6 is 15.9 Å². The maximum Gasteiger partial charge on any atom is 0.134 e. The average molecular weight is 309 g/mol. The van der Waals surface area contributed by atoms with Gasteiger partial charge in [-0.1, -0.05) is 6.07 Å². The van der Waals surface area contributed by atoms with E-state index in [2.05, 4.69) is 41.8 Å². The average Bonchev–Trinajstić information content (AvgIpc) is 2.76. The van der Waals surface area contributed by atoms with Crippen molar-refractivity contribution in [3.8, 4) is 5.75 Å². The van der Waals surface area contributed by atoms with Gasteiger partial charge < -0.3 is 4.74 Å². The number of hydrogen-bond donors (Lipinski definition) is 0. The lowest BCUT2D eigenvalue weighted by molar-refractivity contribution is 0.297. The minimum absolute atomic E-state index is 0.380. The molecule has 1 aromatic heterocycles. The van der Waals surface area contributed by atoms with Gasteiger partial charge in [0.15, 0.2) is 0 Å². The van der Waals surface area contributed by atoms with Gasteiger partial charge in [0, 0.05) is 12.2 Å². The highest BCUT2D eigenvalue weighted by Crippen LogP contribution is 2.26. The van der Waals surface area contributed by atoms with Crippen LogP contribution in [-0.4, -0.2) is 9.78 Å². The second kappa shape index (κ2) is 5.57. The van der Waals surface area contributed by atoms with Crippen molar-refractivity contribution < 1.29 is 4.74 Å². The van der Waals surface area contributed by atoms with Crippen LogP contribution in [0.4, 0.5) is 0 Å². The van der Waals surface area contributed by atoms with Crippen molar-refractivity contribution in [3.05, 3.63) is 46.2 Å². The van der Waals surface area contributed by atoms with Gasteiger partial charge in [-0.2, -0.15) is 5.10 Å². The van der Waals surface area contributed by atoms with Gasteiger partial charge in [-0.05, 0) is 60.5 Å². The molecule has 1 heterocycles. The normalized spacial score (nSPS) is 10.9. The Kier molecular flexibility index (Phi) is 4.07. The van der Waals surface area contributed by atoms with Crippen LogP contribution in [0.25, 0.3) is 0 Å². The summed E-state index contributed by atoms with van der Waals surface area (Å²) in [7, 11) is 0. The Hall–Kier alpha value is -1.29. The highest BCUT2D eigenvalue weighted by molar-refractivity contribution is 9.10. The molecule has 0 fully saturated rings. The summed E-state index contributed by atoms with van der Waals surface area (Å²) in [5.41, 5.74) is 2.15. The molecule has 0 aliphatic heterocycles. The molecule has 1 aromatic carbocycles. The predicted octanol–water partition coefficient (Wildman–Crippen LogP) is 4.11. The van der Waals surface area contributed by atoms with Gasteiger partial charge in [0.25, 0.3) is 0 Å². The van der Waals surface area contributed by atoms with E-state index >= 15 is 0 Å². The molecule has 0 bridgehead atoms. The minimum Gasteiger partial charge on any atom is -0.486 e. The molecule has 0 spiro atoms. The standard InChI is InChI=1S/C14H17BrN2O/c1-10(2)17-7-6-12(16-17)9-18-14-5-4-11(3)8-13(14)15/h4-8,10H,9H2,1-3H3. The number of nitrogens with zero attached hydrogens (tertiary/aromatic N) is 2. The zero-order chi connectivity index (χ0) is 13.1. The van der Waals surface area contributed by atoms with Crippen molar-refractivity contribution in [3.63, 3.8) is 0 Å². The van der Waals surface area contributed by atoms with E-state index in [4.69, 9.17) is 4.74 Å². The SMILES string of the molecule is Cc1ccc(OCc2ccn(C(C)C)n2)c(Br)c1. The van der Waals surface area contributed by atoms with E-state index in [-0.39, 0.29) is 0 Å². The van der Waals surface area contributed by atoms with Gasteiger partial charge in [0.1, 0.15) is 12.4 Å². The van der Waals surface area contributed by atoms with E-state index in [1.165, 1.54) is 5.56 Å². The Morgan fingerprint density at radius 1 is 1.33 bits per heavy atom. The number of hydrogen-bond acceptors (Lipinski definition) is 2. The summed E-state index contributed by atoms with van der Waals surface area (Å²) in [5, 5.41) is 4.45. The predicted molar refractivity (Wildman–Crippen MR) is 75.8 cm³/mol. The number of rotatable bonds is 4. The monoisotopic (exact) mass is 308 g/mol. The van der Waals surface area contributed by atoms with Crippen molar-refractivity contribution in [2.24, 2.45) is 0 Å². The molecule has 3 nitrogen and oxygen atoms in total. The Morgan fingerprint density at radius 2 is 2.11 bits per heavy atom. The lowest BCUT2D eigenvalue weighted by Gasteiger charge is -2.07. The van der Waals surface area contributed by atoms with E-state index < -0.39 is 0 Å². The summed E-state index contributed by atoms with van der Waals surface area (Å²) < 4.78 is 8.66. The number of aryl methyl sites for hydroxylation is 1. The van der Waals surface area contributed by atoms with Crippen LogP contribution in [0.1, 0.15) is 31.1 Å². The third-order valence-electron chi connectivity index (χ3n) is 2.66. The fourth-order valence-electron chi connectivity index (χ4n) is 1.62. The maximum atomic E-state index is 5.75. The van der Waals surface area contributed by atoms with Gasteiger partial charge in [-0.25, -0.2) is 0 Å². The van der Waals surface area contributed by atoms with Crippen LogP contribution in [-0.2, 0) is 6.61 Å². The lowest BCUT2D eigenvalue weighted by atomic mass is 10.2. The first-order valence-corrected chi connectivity index (χ1v) is 6.78. The fourth-order valence-corrected chi connectivity index (χ4v) is 2.22. The molecular weight excluding hydrogens is 292 g/mol. The van der Waals surface area contributed by atoms with Crippen LogP contribution in [0.15, 0.2) is 34.9 Å². The van der Waals surface area contributed by atoms with Crippen LogP contribution in [0, 0.1) is 6.92 Å². The molecule has 0 radical (unpaired) electrons. The molecule has 0 amide bonds. The van der Waals surface area contributed by atoms with Crippen LogP contribution < -0.4 is 4.74 Å². The smallest absolute Gasteiger partial charge is 0.134 e. The third-order valence-corrected chi connectivity index (χ3v) is 3.28. The zero-order valence-electron chi connectivity index (χ0n) is 10.9. The number of benzene rings is 1. The number of ether oxygens (including phenoxy) is 1. The van der Waals surface area contributed by atoms with Gasteiger partial charge in [0.2, 0.25) is 0 Å². The molecule has 2 aromatic rings. The second-order valence-electron chi connectivity index (χ2n) is 4.60. The highest BCUT2D eigenvalue weighted by Gasteiger charge is 2.05. The molecule has 18 heavy (non-hydrogen) atoms. The minimum atomic E-state index is 0.380. The number of halogens is 1. The molecular formula is C14H17BrN2O. The van der Waals surface area contributed by atoms with Crippen molar-refractivity contribution in [1.29, 1.82) is 0 Å². The van der Waals surface area contributed by atoms with E-state index in [1.54, 1.807) is 0 Å². The summed E-state index contributed by atoms with van der Waals surface area (Å²) in [6.45, 7) is 6.75. The molecule has 0 N–H and O–H groups in total. The molecule has 96 valence electrons. The van der Waals surface area contributed by atoms with Gasteiger partial charge >= 0.3 is 0 Å². The molecule has 0 aliphatic carbocycles. The Labute approximate surface area is 116 Å². The first kappa shape index (κ1) is 13.1. The largest absolute Gasteiger partial charge is 0.486 e. The first-order chi connectivity index (χ1) is 8.56. The topological polar surface area (TPSA) is 27.1 Å². The maximum absolute atomic E-state index is 5.75. The Balaban J connectivity index is 2.02. The van der Waals surface area contributed by atoms with Crippen molar-refractivity contribution >= 4 is 15.9 Å². The highest BCUT2D eigenvalue weighted by atomic mass is 79.9. The molecule has 0 aliphatic rings. The van der Waals surface area contributed by atoms with Crippen LogP contribution in [0.2, 0.25) is 0 Å². The van der Waals surface area contributed by atoms with E-state index in [0.29, 0.717) is 12.6 Å². The van der Waals surface area contributed by atoms with Gasteiger partial charge in [0.05, 0.1) is 10.2 Å². The Bertz CT molecular complexity index is 534. The summed E-state index contributed by atoms with van der Waals surface area (Å²) in [6.07, 6.45) is 1.98. The van der Waals surface area contributed by atoms with Crippen molar-refractivity contribution in [2.75, 3.05) is 0 Å². The summed E-state index contributed by atoms with van der Waals surface area (Å²) in [5.74, 6) is 0.847. The second-order valence-corrected chi connectivity index (χ2v) is 5.46. The third kappa shape index (κ3) is 3.13.